The Hall–Kier alpha value is -3.53. The van der Waals surface area contributed by atoms with E-state index in [4.69, 9.17) is 18.6 Å². The van der Waals surface area contributed by atoms with Crippen molar-refractivity contribution < 1.29 is 23.4 Å². The largest absolute Gasteiger partial charge is 0.479 e. The zero-order valence-electron chi connectivity index (χ0n) is 22.1. The Bertz CT molecular complexity index is 1260. The van der Waals surface area contributed by atoms with Crippen LogP contribution >= 0.6 is 0 Å². The number of carbonyl (C=O) groups is 1. The SMILES string of the molecule is CNc1nc(OC)c(NC(=O)c2ccc(Oc3cc4c(cc3C)[Si](C)(C)CC4C(C)C)o2)c(OC)n1. The zero-order chi connectivity index (χ0) is 26.2. The predicted octanol–water partition coefficient (Wildman–Crippen LogP) is 5.15. The smallest absolute Gasteiger partial charge is 0.291 e. The van der Waals surface area contributed by atoms with Gasteiger partial charge in [-0.2, -0.15) is 9.97 Å². The molecule has 9 nitrogen and oxygen atoms in total. The van der Waals surface area contributed by atoms with Crippen LogP contribution in [0, 0.1) is 12.8 Å². The third kappa shape index (κ3) is 4.77. The molecular formula is C26H34N4O5Si. The molecule has 4 rings (SSSR count). The van der Waals surface area contributed by atoms with Crippen molar-refractivity contribution in [2.75, 3.05) is 31.9 Å². The van der Waals surface area contributed by atoms with Crippen molar-refractivity contribution in [1.29, 1.82) is 0 Å². The number of nitrogens with zero attached hydrogens (tertiary/aromatic N) is 2. The predicted molar refractivity (Wildman–Crippen MR) is 142 cm³/mol. The lowest BCUT2D eigenvalue weighted by Crippen LogP contribution is -2.37. The molecule has 0 aliphatic carbocycles. The maximum Gasteiger partial charge on any atom is 0.291 e. The Morgan fingerprint density at radius 2 is 1.81 bits per heavy atom. The lowest BCUT2D eigenvalue weighted by atomic mass is 9.90. The summed E-state index contributed by atoms with van der Waals surface area (Å²) in [6, 6.07) is 8.89. The van der Waals surface area contributed by atoms with E-state index in [0.717, 1.165) is 11.3 Å². The molecule has 36 heavy (non-hydrogen) atoms. The number of hydrogen-bond donors (Lipinski definition) is 2. The average Bonchev–Trinajstić information content (AvgIpc) is 3.41. The van der Waals surface area contributed by atoms with Gasteiger partial charge in [0.25, 0.3) is 11.9 Å². The van der Waals surface area contributed by atoms with Gasteiger partial charge in [-0.15, -0.1) is 0 Å². The molecule has 3 aromatic rings. The number of carbonyl (C=O) groups excluding carboxylic acids is 1. The van der Waals surface area contributed by atoms with E-state index in [1.54, 1.807) is 19.2 Å². The van der Waals surface area contributed by atoms with Crippen LogP contribution in [0.5, 0.6) is 23.5 Å². The Balaban J connectivity index is 1.57. The molecule has 1 aliphatic heterocycles. The molecule has 0 bridgehead atoms. The van der Waals surface area contributed by atoms with E-state index < -0.39 is 14.0 Å². The van der Waals surface area contributed by atoms with Gasteiger partial charge in [0.05, 0.1) is 22.3 Å². The minimum Gasteiger partial charge on any atom is -0.479 e. The molecule has 0 saturated carbocycles. The van der Waals surface area contributed by atoms with E-state index in [-0.39, 0.29) is 29.2 Å². The Labute approximate surface area is 212 Å². The average molecular weight is 511 g/mol. The van der Waals surface area contributed by atoms with Crippen LogP contribution in [0.15, 0.2) is 28.7 Å². The van der Waals surface area contributed by atoms with E-state index in [1.165, 1.54) is 31.0 Å². The molecule has 2 aromatic heterocycles. The number of rotatable bonds is 8. The number of furan rings is 1. The van der Waals surface area contributed by atoms with Crippen LogP contribution in [0.25, 0.3) is 0 Å². The molecule has 0 saturated heterocycles. The highest BCUT2D eigenvalue weighted by atomic mass is 28.3. The number of fused-ring (bicyclic) bond motifs is 1. The van der Waals surface area contributed by atoms with Crippen molar-refractivity contribution in [3.8, 4) is 23.5 Å². The molecule has 1 unspecified atom stereocenters. The van der Waals surface area contributed by atoms with Gasteiger partial charge in [0.15, 0.2) is 11.4 Å². The fraction of sp³-hybridized carbons (Fsp3) is 0.423. The maximum absolute atomic E-state index is 12.9. The van der Waals surface area contributed by atoms with Crippen LogP contribution in [0.1, 0.15) is 41.4 Å². The number of ether oxygens (including phenoxy) is 3. The number of benzene rings is 1. The summed E-state index contributed by atoms with van der Waals surface area (Å²) in [5.41, 5.74) is 2.64. The van der Waals surface area contributed by atoms with Gasteiger partial charge in [-0.25, -0.2) is 0 Å². The summed E-state index contributed by atoms with van der Waals surface area (Å²) in [6.07, 6.45) is 0. The second-order valence-electron chi connectivity index (χ2n) is 10.0. The summed E-state index contributed by atoms with van der Waals surface area (Å²) in [4.78, 5) is 21.3. The molecule has 1 amide bonds. The van der Waals surface area contributed by atoms with Crippen LogP contribution in [0.2, 0.25) is 19.1 Å². The van der Waals surface area contributed by atoms with E-state index in [2.05, 4.69) is 59.7 Å². The first-order chi connectivity index (χ1) is 17.1. The lowest BCUT2D eigenvalue weighted by molar-refractivity contribution is 0.0990. The Morgan fingerprint density at radius 1 is 1.14 bits per heavy atom. The molecule has 1 atom stereocenters. The molecule has 2 N–H and O–H groups in total. The van der Waals surface area contributed by atoms with Crippen LogP contribution < -0.4 is 30.0 Å². The highest BCUT2D eigenvalue weighted by molar-refractivity contribution is 6.91. The number of amides is 1. The quantitative estimate of drug-likeness (QED) is 0.401. The van der Waals surface area contributed by atoms with Gasteiger partial charge in [0.1, 0.15) is 5.75 Å². The van der Waals surface area contributed by atoms with E-state index >= 15 is 0 Å². The van der Waals surface area contributed by atoms with E-state index in [1.807, 2.05) is 6.92 Å². The molecule has 10 heteroatoms. The summed E-state index contributed by atoms with van der Waals surface area (Å²) in [6.45, 7) is 11.5. The van der Waals surface area contributed by atoms with Gasteiger partial charge < -0.3 is 29.3 Å². The minimum absolute atomic E-state index is 0.0687. The summed E-state index contributed by atoms with van der Waals surface area (Å²) in [7, 11) is 3.10. The Morgan fingerprint density at radius 3 is 2.39 bits per heavy atom. The number of aryl methyl sites for hydroxylation is 1. The minimum atomic E-state index is -1.47. The molecule has 192 valence electrons. The molecular weight excluding hydrogens is 476 g/mol. The van der Waals surface area contributed by atoms with Crippen LogP contribution in [0.4, 0.5) is 11.6 Å². The summed E-state index contributed by atoms with van der Waals surface area (Å²) in [5.74, 6) is 2.23. The van der Waals surface area contributed by atoms with E-state index in [0.29, 0.717) is 17.8 Å². The van der Waals surface area contributed by atoms with Crippen LogP contribution in [0.3, 0.4) is 0 Å². The van der Waals surface area contributed by atoms with Gasteiger partial charge in [-0.3, -0.25) is 4.79 Å². The second-order valence-corrected chi connectivity index (χ2v) is 14.7. The normalized spacial score (nSPS) is 16.0. The number of methoxy groups -OCH3 is 2. The summed E-state index contributed by atoms with van der Waals surface area (Å²) < 4.78 is 22.5. The standard InChI is InChI=1S/C26H34N4O5Si/c1-14(2)17-13-36(7,8)20-11-15(3)19(12-16(17)20)35-21-10-9-18(34-21)23(31)28-22-24(32-5)29-26(27-4)30-25(22)33-6/h9-12,14,17H,13H2,1-8H3,(H,28,31)(H,27,29,30). The molecule has 3 heterocycles. The van der Waals surface area contributed by atoms with Gasteiger partial charge in [0, 0.05) is 13.1 Å². The molecule has 0 fully saturated rings. The fourth-order valence-corrected chi connectivity index (χ4v) is 8.44. The molecule has 0 spiro atoms. The zero-order valence-corrected chi connectivity index (χ0v) is 23.1. The molecule has 0 radical (unpaired) electrons. The number of aromatic nitrogens is 2. The van der Waals surface area contributed by atoms with Gasteiger partial charge >= 0.3 is 0 Å². The van der Waals surface area contributed by atoms with Crippen molar-refractivity contribution in [3.05, 3.63) is 41.2 Å². The van der Waals surface area contributed by atoms with Gasteiger partial charge in [0.2, 0.25) is 17.7 Å². The highest BCUT2D eigenvalue weighted by Gasteiger charge is 2.40. The molecule has 1 aromatic carbocycles. The Kier molecular flexibility index (Phi) is 6.99. The van der Waals surface area contributed by atoms with Crippen molar-refractivity contribution in [2.45, 2.75) is 45.8 Å². The fourth-order valence-electron chi connectivity index (χ4n) is 4.79. The van der Waals surface area contributed by atoms with E-state index in [9.17, 15) is 4.79 Å². The highest BCUT2D eigenvalue weighted by Crippen LogP contribution is 2.42. The lowest BCUT2D eigenvalue weighted by Gasteiger charge is -2.18. The van der Waals surface area contributed by atoms with Crippen molar-refractivity contribution in [2.24, 2.45) is 5.92 Å². The van der Waals surface area contributed by atoms with Gasteiger partial charge in [-0.1, -0.05) is 38.2 Å². The monoisotopic (exact) mass is 510 g/mol. The van der Waals surface area contributed by atoms with Crippen molar-refractivity contribution in [3.63, 3.8) is 0 Å². The first-order valence-corrected chi connectivity index (χ1v) is 15.2. The number of nitrogens with one attached hydrogen (secondary N) is 2. The first kappa shape index (κ1) is 25.6. The topological polar surface area (TPSA) is 108 Å². The molecule has 1 aliphatic rings. The second kappa shape index (κ2) is 9.85. The number of anilines is 2. The van der Waals surface area contributed by atoms with Crippen LogP contribution in [-0.2, 0) is 0 Å². The van der Waals surface area contributed by atoms with Crippen molar-refractivity contribution >= 4 is 30.8 Å². The number of hydrogen-bond acceptors (Lipinski definition) is 8. The van der Waals surface area contributed by atoms with Crippen LogP contribution in [-0.4, -0.2) is 45.2 Å². The first-order valence-electron chi connectivity index (χ1n) is 12.0. The summed E-state index contributed by atoms with van der Waals surface area (Å²) >= 11 is 0. The van der Waals surface area contributed by atoms with Crippen molar-refractivity contribution in [1.82, 2.24) is 9.97 Å². The summed E-state index contributed by atoms with van der Waals surface area (Å²) in [5, 5.41) is 7.05. The third-order valence-electron chi connectivity index (χ3n) is 6.72. The third-order valence-corrected chi connectivity index (χ3v) is 10.1. The maximum atomic E-state index is 12.9. The van der Waals surface area contributed by atoms with Gasteiger partial charge in [-0.05, 0) is 48.1 Å².